The van der Waals surface area contributed by atoms with Crippen molar-refractivity contribution in [2.75, 3.05) is 37.8 Å². The van der Waals surface area contributed by atoms with Gasteiger partial charge in [0.1, 0.15) is 5.82 Å². The molecule has 1 atom stereocenters. The lowest BCUT2D eigenvalue weighted by Crippen LogP contribution is -2.35. The van der Waals surface area contributed by atoms with Gasteiger partial charge in [-0.15, -0.1) is 0 Å². The van der Waals surface area contributed by atoms with Gasteiger partial charge >= 0.3 is 0 Å². The molecule has 1 N–H and O–H groups in total. The van der Waals surface area contributed by atoms with Crippen LogP contribution in [0.5, 0.6) is 0 Å². The van der Waals surface area contributed by atoms with Gasteiger partial charge in [-0.2, -0.15) is 0 Å². The van der Waals surface area contributed by atoms with Crippen molar-refractivity contribution in [1.29, 1.82) is 0 Å². The second-order valence-electron chi connectivity index (χ2n) is 5.56. The van der Waals surface area contributed by atoms with Gasteiger partial charge in [0.2, 0.25) is 10.0 Å². The molecule has 6 nitrogen and oxygen atoms in total. The third-order valence-electron chi connectivity index (χ3n) is 3.84. The Morgan fingerprint density at radius 1 is 1.41 bits per heavy atom. The number of aromatic nitrogens is 1. The molecule has 1 fully saturated rings. The number of nitrogens with zero attached hydrogens (tertiary/aromatic N) is 2. The normalized spacial score (nSPS) is 19.3. The molecule has 0 amide bonds. The molecule has 1 aromatic rings. The van der Waals surface area contributed by atoms with E-state index in [4.69, 9.17) is 4.74 Å². The standard InChI is InChI=1S/C15H25N3O3S/c1-18(11-10-17-15-7-2-4-9-16-15)22(19,20)13-8-14-6-3-5-12-21-14/h2,4,7,9,14H,3,5-6,8,10-13H2,1H3,(H,16,17). The highest BCUT2D eigenvalue weighted by molar-refractivity contribution is 7.89. The quantitative estimate of drug-likeness (QED) is 0.787. The Morgan fingerprint density at radius 3 is 2.95 bits per heavy atom. The number of anilines is 1. The van der Waals surface area contributed by atoms with E-state index in [1.165, 1.54) is 4.31 Å². The summed E-state index contributed by atoms with van der Waals surface area (Å²) in [7, 11) is -1.60. The first-order valence-corrected chi connectivity index (χ1v) is 9.39. The largest absolute Gasteiger partial charge is 0.378 e. The number of sulfonamides is 1. The summed E-state index contributed by atoms with van der Waals surface area (Å²) >= 11 is 0. The summed E-state index contributed by atoms with van der Waals surface area (Å²) in [5.41, 5.74) is 0. The molecule has 0 bridgehead atoms. The molecule has 2 rings (SSSR count). The Kier molecular flexibility index (Phi) is 6.60. The zero-order valence-electron chi connectivity index (χ0n) is 13.1. The van der Waals surface area contributed by atoms with Crippen LogP contribution >= 0.6 is 0 Å². The van der Waals surface area contributed by atoms with Gasteiger partial charge in [-0.05, 0) is 37.8 Å². The SMILES string of the molecule is CN(CCNc1ccccn1)S(=O)(=O)CCC1CCCCO1. The van der Waals surface area contributed by atoms with Crippen LogP contribution in [0.15, 0.2) is 24.4 Å². The Hall–Kier alpha value is -1.18. The Balaban J connectivity index is 1.71. The third-order valence-corrected chi connectivity index (χ3v) is 5.73. The lowest BCUT2D eigenvalue weighted by Gasteiger charge is -2.24. The molecule has 22 heavy (non-hydrogen) atoms. The first kappa shape index (κ1) is 17.2. The van der Waals surface area contributed by atoms with Crippen LogP contribution in [0.4, 0.5) is 5.82 Å². The lowest BCUT2D eigenvalue weighted by atomic mass is 10.1. The number of hydrogen-bond donors (Lipinski definition) is 1. The highest BCUT2D eigenvalue weighted by Gasteiger charge is 2.21. The fourth-order valence-electron chi connectivity index (χ4n) is 2.42. The zero-order chi connectivity index (χ0) is 15.8. The van der Waals surface area contributed by atoms with Crippen LogP contribution in [0.2, 0.25) is 0 Å². The minimum absolute atomic E-state index is 0.101. The summed E-state index contributed by atoms with van der Waals surface area (Å²) < 4.78 is 31.5. The maximum Gasteiger partial charge on any atom is 0.214 e. The summed E-state index contributed by atoms with van der Waals surface area (Å²) in [6, 6.07) is 5.59. The fourth-order valence-corrected chi connectivity index (χ4v) is 3.66. The number of likely N-dealkylation sites (N-methyl/N-ethyl adjacent to an activating group) is 1. The number of pyridine rings is 1. The van der Waals surface area contributed by atoms with Crippen molar-refractivity contribution in [3.8, 4) is 0 Å². The van der Waals surface area contributed by atoms with E-state index in [9.17, 15) is 8.42 Å². The first-order valence-electron chi connectivity index (χ1n) is 7.78. The number of nitrogens with one attached hydrogen (secondary N) is 1. The number of rotatable bonds is 8. The Morgan fingerprint density at radius 2 is 2.27 bits per heavy atom. The summed E-state index contributed by atoms with van der Waals surface area (Å²) in [4.78, 5) is 4.14. The molecule has 124 valence electrons. The van der Waals surface area contributed by atoms with Crippen molar-refractivity contribution in [2.45, 2.75) is 31.8 Å². The van der Waals surface area contributed by atoms with Crippen LogP contribution in [0.25, 0.3) is 0 Å². The van der Waals surface area contributed by atoms with Crippen molar-refractivity contribution < 1.29 is 13.2 Å². The molecular weight excluding hydrogens is 302 g/mol. The zero-order valence-corrected chi connectivity index (χ0v) is 13.9. The predicted molar refractivity (Wildman–Crippen MR) is 87.4 cm³/mol. The minimum atomic E-state index is -3.22. The van der Waals surface area contributed by atoms with E-state index < -0.39 is 10.0 Å². The van der Waals surface area contributed by atoms with Gasteiger partial charge < -0.3 is 10.1 Å². The maximum absolute atomic E-state index is 12.2. The molecule has 0 aromatic carbocycles. The second-order valence-corrected chi connectivity index (χ2v) is 7.75. The molecule has 0 spiro atoms. The van der Waals surface area contributed by atoms with Gasteiger partial charge in [0, 0.05) is 32.9 Å². The number of ether oxygens (including phenoxy) is 1. The highest BCUT2D eigenvalue weighted by atomic mass is 32.2. The molecule has 1 aromatic heterocycles. The average Bonchev–Trinajstić information content (AvgIpc) is 2.55. The van der Waals surface area contributed by atoms with E-state index in [0.717, 1.165) is 31.7 Å². The van der Waals surface area contributed by atoms with Crippen molar-refractivity contribution in [2.24, 2.45) is 0 Å². The van der Waals surface area contributed by atoms with Crippen molar-refractivity contribution in [1.82, 2.24) is 9.29 Å². The molecular formula is C15H25N3O3S. The van der Waals surface area contributed by atoms with E-state index in [1.807, 2.05) is 18.2 Å². The number of hydrogen-bond acceptors (Lipinski definition) is 5. The predicted octanol–water partition coefficient (Wildman–Crippen LogP) is 1.71. The van der Waals surface area contributed by atoms with Gasteiger partial charge in [0.15, 0.2) is 0 Å². The van der Waals surface area contributed by atoms with E-state index >= 15 is 0 Å². The van der Waals surface area contributed by atoms with Crippen LogP contribution < -0.4 is 5.32 Å². The highest BCUT2D eigenvalue weighted by Crippen LogP contribution is 2.16. The monoisotopic (exact) mass is 327 g/mol. The molecule has 1 saturated heterocycles. The van der Waals surface area contributed by atoms with Gasteiger partial charge in [-0.1, -0.05) is 6.07 Å². The lowest BCUT2D eigenvalue weighted by molar-refractivity contribution is 0.0146. The summed E-state index contributed by atoms with van der Waals surface area (Å²) in [5.74, 6) is 0.904. The van der Waals surface area contributed by atoms with E-state index in [-0.39, 0.29) is 11.9 Å². The molecule has 0 aliphatic carbocycles. The van der Waals surface area contributed by atoms with Gasteiger partial charge in [0.25, 0.3) is 0 Å². The van der Waals surface area contributed by atoms with Crippen LogP contribution in [0.3, 0.4) is 0 Å². The molecule has 0 saturated carbocycles. The van der Waals surface area contributed by atoms with Gasteiger partial charge in [-0.3, -0.25) is 0 Å². The summed E-state index contributed by atoms with van der Waals surface area (Å²) in [6.07, 6.45) is 5.58. The third kappa shape index (κ3) is 5.55. The molecule has 0 radical (unpaired) electrons. The van der Waals surface area contributed by atoms with Crippen LogP contribution in [0, 0.1) is 0 Å². The van der Waals surface area contributed by atoms with E-state index in [0.29, 0.717) is 19.5 Å². The second kappa shape index (κ2) is 8.45. The summed E-state index contributed by atoms with van der Waals surface area (Å²) in [5, 5.41) is 3.11. The minimum Gasteiger partial charge on any atom is -0.378 e. The topological polar surface area (TPSA) is 71.5 Å². The molecule has 1 aliphatic rings. The Labute approximate surface area is 132 Å². The van der Waals surface area contributed by atoms with E-state index in [1.54, 1.807) is 13.2 Å². The molecule has 1 unspecified atom stereocenters. The van der Waals surface area contributed by atoms with Gasteiger partial charge in [-0.25, -0.2) is 17.7 Å². The maximum atomic E-state index is 12.2. The van der Waals surface area contributed by atoms with E-state index in [2.05, 4.69) is 10.3 Å². The average molecular weight is 327 g/mol. The van der Waals surface area contributed by atoms with Crippen LogP contribution in [-0.2, 0) is 14.8 Å². The van der Waals surface area contributed by atoms with Gasteiger partial charge in [0.05, 0.1) is 11.9 Å². The molecule has 2 heterocycles. The van der Waals surface area contributed by atoms with Crippen molar-refractivity contribution >= 4 is 15.8 Å². The molecule has 7 heteroatoms. The van der Waals surface area contributed by atoms with Crippen molar-refractivity contribution in [3.05, 3.63) is 24.4 Å². The fraction of sp³-hybridized carbons (Fsp3) is 0.667. The molecule has 1 aliphatic heterocycles. The smallest absolute Gasteiger partial charge is 0.214 e. The Bertz CT molecular complexity index is 530. The first-order chi connectivity index (χ1) is 10.6. The van der Waals surface area contributed by atoms with Crippen LogP contribution in [0.1, 0.15) is 25.7 Å². The van der Waals surface area contributed by atoms with Crippen molar-refractivity contribution in [3.63, 3.8) is 0 Å². The van der Waals surface area contributed by atoms with Crippen LogP contribution in [-0.4, -0.2) is 56.3 Å². The summed E-state index contributed by atoms with van der Waals surface area (Å²) in [6.45, 7) is 1.71.